The highest BCUT2D eigenvalue weighted by molar-refractivity contribution is 7.89. The van der Waals surface area contributed by atoms with E-state index in [1.165, 1.54) is 18.2 Å². The van der Waals surface area contributed by atoms with Gasteiger partial charge in [-0.3, -0.25) is 0 Å². The minimum absolute atomic E-state index is 0.0371. The average Bonchev–Trinajstić information content (AvgIpc) is 2.13. The number of aryl methyl sites for hydroxylation is 1. The molecule has 0 radical (unpaired) electrons. The third-order valence-corrected chi connectivity index (χ3v) is 3.43. The highest BCUT2D eigenvalue weighted by atomic mass is 32.2. The lowest BCUT2D eigenvalue weighted by atomic mass is 10.2. The Bertz CT molecular complexity index is 446. The lowest BCUT2D eigenvalue weighted by Gasteiger charge is -2.09. The molecule has 0 aromatic heterocycles. The molecular weight excluding hydrogens is 226 g/mol. The first-order valence-electron chi connectivity index (χ1n) is 5.11. The molecule has 2 N–H and O–H groups in total. The predicted molar refractivity (Wildman–Crippen MR) is 62.9 cm³/mol. The van der Waals surface area contributed by atoms with E-state index in [-0.39, 0.29) is 16.6 Å². The molecule has 0 saturated heterocycles. The van der Waals surface area contributed by atoms with Crippen molar-refractivity contribution < 1.29 is 13.5 Å². The zero-order valence-electron chi connectivity index (χ0n) is 9.69. The van der Waals surface area contributed by atoms with Crippen LogP contribution in [0.5, 0.6) is 5.75 Å². The number of phenols is 1. The number of hydrogen-bond donors (Lipinski definition) is 2. The van der Waals surface area contributed by atoms with Gasteiger partial charge in [0.2, 0.25) is 10.0 Å². The van der Waals surface area contributed by atoms with E-state index in [1.54, 1.807) is 6.92 Å². The first kappa shape index (κ1) is 13.0. The van der Waals surface area contributed by atoms with Gasteiger partial charge in [-0.25, -0.2) is 13.1 Å². The average molecular weight is 243 g/mol. The lowest BCUT2D eigenvalue weighted by molar-refractivity contribution is 0.472. The summed E-state index contributed by atoms with van der Waals surface area (Å²) in [7, 11) is -3.51. The van der Waals surface area contributed by atoms with Crippen LogP contribution in [0.4, 0.5) is 0 Å². The van der Waals surface area contributed by atoms with Crippen molar-refractivity contribution in [2.45, 2.75) is 25.7 Å². The Morgan fingerprint density at radius 3 is 2.44 bits per heavy atom. The normalized spacial score (nSPS) is 12.0. The van der Waals surface area contributed by atoms with E-state index in [1.807, 2.05) is 13.8 Å². The maximum absolute atomic E-state index is 11.8. The van der Waals surface area contributed by atoms with E-state index in [0.717, 1.165) is 0 Å². The zero-order valence-corrected chi connectivity index (χ0v) is 10.5. The first-order valence-corrected chi connectivity index (χ1v) is 6.60. The van der Waals surface area contributed by atoms with Gasteiger partial charge in [0.15, 0.2) is 0 Å². The summed E-state index contributed by atoms with van der Waals surface area (Å²) in [5.74, 6) is 0.207. The quantitative estimate of drug-likeness (QED) is 0.844. The Morgan fingerprint density at radius 1 is 1.31 bits per heavy atom. The molecule has 90 valence electrons. The minimum Gasteiger partial charge on any atom is -0.508 e. The number of nitrogens with one attached hydrogen (secondary N) is 1. The molecule has 16 heavy (non-hydrogen) atoms. The van der Waals surface area contributed by atoms with Gasteiger partial charge in [-0.1, -0.05) is 13.8 Å². The molecular formula is C11H17NO3S. The van der Waals surface area contributed by atoms with E-state index >= 15 is 0 Å². The summed E-state index contributed by atoms with van der Waals surface area (Å²) >= 11 is 0. The summed E-state index contributed by atoms with van der Waals surface area (Å²) in [6.07, 6.45) is 0. The molecule has 4 nitrogen and oxygen atoms in total. The fraction of sp³-hybridized carbons (Fsp3) is 0.455. The minimum atomic E-state index is -3.51. The Balaban J connectivity index is 2.98. The van der Waals surface area contributed by atoms with Gasteiger partial charge in [-0.05, 0) is 36.6 Å². The molecule has 0 aliphatic carbocycles. The smallest absolute Gasteiger partial charge is 0.240 e. The SMILES string of the molecule is Cc1cc(O)cc(S(=O)(=O)NCC(C)C)c1. The number of hydrogen-bond acceptors (Lipinski definition) is 3. The van der Waals surface area contributed by atoms with Gasteiger partial charge in [0.25, 0.3) is 0 Å². The van der Waals surface area contributed by atoms with Crippen LogP contribution in [0.25, 0.3) is 0 Å². The molecule has 0 fully saturated rings. The fourth-order valence-corrected chi connectivity index (χ4v) is 2.58. The van der Waals surface area contributed by atoms with Crippen molar-refractivity contribution in [2.24, 2.45) is 5.92 Å². The van der Waals surface area contributed by atoms with Gasteiger partial charge in [0.1, 0.15) is 5.75 Å². The molecule has 0 aliphatic heterocycles. The summed E-state index contributed by atoms with van der Waals surface area (Å²) in [4.78, 5) is 0.102. The van der Waals surface area contributed by atoms with Crippen molar-refractivity contribution in [1.82, 2.24) is 4.72 Å². The Kier molecular flexibility index (Phi) is 3.93. The number of aromatic hydroxyl groups is 1. The van der Waals surface area contributed by atoms with Crippen LogP contribution >= 0.6 is 0 Å². The topological polar surface area (TPSA) is 66.4 Å². The van der Waals surface area contributed by atoms with Gasteiger partial charge in [-0.15, -0.1) is 0 Å². The van der Waals surface area contributed by atoms with E-state index in [9.17, 15) is 13.5 Å². The molecule has 0 saturated carbocycles. The largest absolute Gasteiger partial charge is 0.508 e. The van der Waals surface area contributed by atoms with Crippen molar-refractivity contribution in [2.75, 3.05) is 6.54 Å². The van der Waals surface area contributed by atoms with Gasteiger partial charge < -0.3 is 5.11 Å². The van der Waals surface area contributed by atoms with Crippen LogP contribution in [0.3, 0.4) is 0 Å². The summed E-state index contributed by atoms with van der Waals surface area (Å²) in [5.41, 5.74) is 0.713. The number of benzene rings is 1. The standard InChI is InChI=1S/C11H17NO3S/c1-8(2)7-12-16(14,15)11-5-9(3)4-10(13)6-11/h4-6,8,12-13H,7H2,1-3H3. The second-order valence-corrected chi connectivity index (χ2v) is 6.02. The maximum atomic E-state index is 11.8. The molecule has 1 aromatic rings. The molecule has 5 heteroatoms. The van der Waals surface area contributed by atoms with Crippen molar-refractivity contribution in [3.8, 4) is 5.75 Å². The number of phenolic OH excluding ortho intramolecular Hbond substituents is 1. The summed E-state index contributed by atoms with van der Waals surface area (Å²) in [6.45, 7) is 5.98. The third kappa shape index (κ3) is 3.50. The van der Waals surface area contributed by atoms with Gasteiger partial charge in [0, 0.05) is 6.54 Å². The molecule has 0 aliphatic rings. The maximum Gasteiger partial charge on any atom is 0.240 e. The molecule has 0 unspecified atom stereocenters. The molecule has 1 rings (SSSR count). The Hall–Kier alpha value is -1.07. The third-order valence-electron chi connectivity index (χ3n) is 2.03. The van der Waals surface area contributed by atoms with Crippen LogP contribution < -0.4 is 4.72 Å². The van der Waals surface area contributed by atoms with Crippen LogP contribution in [0.1, 0.15) is 19.4 Å². The van der Waals surface area contributed by atoms with Gasteiger partial charge in [0.05, 0.1) is 4.90 Å². The fourth-order valence-electron chi connectivity index (χ4n) is 1.24. The van der Waals surface area contributed by atoms with Crippen LogP contribution in [-0.4, -0.2) is 20.1 Å². The van der Waals surface area contributed by atoms with E-state index in [2.05, 4.69) is 4.72 Å². The molecule has 0 heterocycles. The monoisotopic (exact) mass is 243 g/mol. The van der Waals surface area contributed by atoms with Crippen LogP contribution in [0, 0.1) is 12.8 Å². The first-order chi connectivity index (χ1) is 7.31. The summed E-state index contributed by atoms with van der Waals surface area (Å²) in [6, 6.07) is 4.29. The van der Waals surface area contributed by atoms with Crippen molar-refractivity contribution in [1.29, 1.82) is 0 Å². The van der Waals surface area contributed by atoms with Crippen LogP contribution in [-0.2, 0) is 10.0 Å². The number of sulfonamides is 1. The van der Waals surface area contributed by atoms with Crippen LogP contribution in [0.2, 0.25) is 0 Å². The molecule has 1 aromatic carbocycles. The second-order valence-electron chi connectivity index (χ2n) is 4.25. The summed E-state index contributed by atoms with van der Waals surface area (Å²) in [5, 5.41) is 9.34. The lowest BCUT2D eigenvalue weighted by Crippen LogP contribution is -2.27. The molecule has 0 atom stereocenters. The van der Waals surface area contributed by atoms with Gasteiger partial charge >= 0.3 is 0 Å². The van der Waals surface area contributed by atoms with Crippen LogP contribution in [0.15, 0.2) is 23.1 Å². The molecule has 0 amide bonds. The predicted octanol–water partition coefficient (Wildman–Crippen LogP) is 1.63. The van der Waals surface area contributed by atoms with E-state index in [4.69, 9.17) is 0 Å². The van der Waals surface area contributed by atoms with Gasteiger partial charge in [-0.2, -0.15) is 0 Å². The highest BCUT2D eigenvalue weighted by Gasteiger charge is 2.15. The zero-order chi connectivity index (χ0) is 12.3. The Morgan fingerprint density at radius 2 is 1.94 bits per heavy atom. The summed E-state index contributed by atoms with van der Waals surface area (Å²) < 4.78 is 26.1. The molecule has 0 spiro atoms. The van der Waals surface area contributed by atoms with E-state index in [0.29, 0.717) is 12.1 Å². The number of rotatable bonds is 4. The molecule has 0 bridgehead atoms. The highest BCUT2D eigenvalue weighted by Crippen LogP contribution is 2.18. The second kappa shape index (κ2) is 4.84. The van der Waals surface area contributed by atoms with Crippen molar-refractivity contribution >= 4 is 10.0 Å². The van der Waals surface area contributed by atoms with Crippen molar-refractivity contribution in [3.63, 3.8) is 0 Å². The van der Waals surface area contributed by atoms with E-state index < -0.39 is 10.0 Å². The van der Waals surface area contributed by atoms with Crippen molar-refractivity contribution in [3.05, 3.63) is 23.8 Å². The Labute approximate surface area is 96.4 Å².